The van der Waals surface area contributed by atoms with E-state index >= 15 is 0 Å². The first-order chi connectivity index (χ1) is 30.3. The molecule has 64 heavy (non-hydrogen) atoms. The maximum atomic E-state index is 12.8. The highest BCUT2D eigenvalue weighted by Gasteiger charge is 2.62. The van der Waals surface area contributed by atoms with Gasteiger partial charge < -0.3 is 115 Å². The third-order valence-electron chi connectivity index (χ3n) is 11.2. The average Bonchev–Trinajstić information content (AvgIpc) is 3.61. The minimum Gasteiger partial charge on any atom is -0.477 e. The summed E-state index contributed by atoms with van der Waals surface area (Å²) in [7, 11) is 0. The van der Waals surface area contributed by atoms with Gasteiger partial charge in [0, 0.05) is 34.2 Å². The molecule has 5 rings (SSSR count). The van der Waals surface area contributed by atoms with Crippen molar-refractivity contribution in [3.8, 4) is 0 Å². The van der Waals surface area contributed by atoms with E-state index in [-0.39, 0.29) is 26.4 Å². The van der Waals surface area contributed by atoms with E-state index in [1.165, 1.54) is 6.92 Å². The fraction of sp³-hybridized carbons (Fsp3) is 0.892. The van der Waals surface area contributed by atoms with Crippen molar-refractivity contribution in [2.24, 2.45) is 5.73 Å². The molecule has 0 saturated carbocycles. The first-order valence-corrected chi connectivity index (χ1v) is 20.7. The standard InChI is InChI=1S/C37H62N4O23/c1-13-23(48)28(61-32-20(39-14(2)45)26(51)24(49)17(10-42)57-32)21(40-15(3)46)33(56-13)62-29-22(41-16(4)47)34(58-18(11-43)25(29)50)60-27-19(12-44)59-35(55-9-8-54-7-6-38)31-30(27)63-37(5,64-31)36(52)53/h13,17-35,42-44,48-51H,6-12,38H2,1-5H3,(H,39,45)(H,40,46)(H,41,47)(H,52,53)/t13?,17?,18?,19?,20?,21?,22?,23?,24?,25?,26?,27?,28?,29?,30?,31?,32?,33?,34?,35?,37-/m0/s1. The number of nitrogens with two attached hydrogens (primary N) is 1. The highest BCUT2D eigenvalue weighted by molar-refractivity contribution is 5.75. The van der Waals surface area contributed by atoms with Gasteiger partial charge in [-0.1, -0.05) is 0 Å². The second-order valence-corrected chi connectivity index (χ2v) is 16.0. The Balaban J connectivity index is 1.47. The Kier molecular flexibility index (Phi) is 18.5. The Labute approximate surface area is 366 Å². The number of rotatable bonds is 19. The van der Waals surface area contributed by atoms with Crippen LogP contribution in [0.15, 0.2) is 0 Å². The summed E-state index contributed by atoms with van der Waals surface area (Å²) in [6.07, 6.45) is -26.3. The number of carboxylic acids is 1. The van der Waals surface area contributed by atoms with Crippen LogP contribution >= 0.6 is 0 Å². The molecule has 27 nitrogen and oxygen atoms in total. The van der Waals surface area contributed by atoms with Crippen molar-refractivity contribution >= 4 is 23.7 Å². The number of carbonyl (C=O) groups is 4. The predicted molar refractivity (Wildman–Crippen MR) is 205 cm³/mol. The monoisotopic (exact) mass is 930 g/mol. The molecule has 0 bridgehead atoms. The highest BCUT2D eigenvalue weighted by atomic mass is 16.8. The molecule has 368 valence electrons. The Bertz CT molecular complexity index is 1570. The van der Waals surface area contributed by atoms with Crippen molar-refractivity contribution < 1.29 is 112 Å². The van der Waals surface area contributed by atoms with E-state index in [0.29, 0.717) is 0 Å². The normalized spacial score (nSPS) is 43.5. The van der Waals surface area contributed by atoms with Crippen molar-refractivity contribution in [3.63, 3.8) is 0 Å². The molecule has 21 atom stereocenters. The third-order valence-corrected chi connectivity index (χ3v) is 11.2. The molecule has 13 N–H and O–H groups in total. The van der Waals surface area contributed by atoms with Gasteiger partial charge in [-0.05, 0) is 6.92 Å². The van der Waals surface area contributed by atoms with Gasteiger partial charge in [0.2, 0.25) is 17.7 Å². The first-order valence-electron chi connectivity index (χ1n) is 20.7. The van der Waals surface area contributed by atoms with Crippen LogP contribution in [0.5, 0.6) is 0 Å². The Morgan fingerprint density at radius 3 is 1.59 bits per heavy atom. The van der Waals surface area contributed by atoms with E-state index in [1.54, 1.807) is 0 Å². The van der Waals surface area contributed by atoms with Gasteiger partial charge in [-0.2, -0.15) is 0 Å². The number of aliphatic carboxylic acids is 1. The number of fused-ring (bicyclic) bond motifs is 1. The third kappa shape index (κ3) is 11.8. The van der Waals surface area contributed by atoms with Crippen LogP contribution < -0.4 is 21.7 Å². The summed E-state index contributed by atoms with van der Waals surface area (Å²) in [5.74, 6) is -5.93. The van der Waals surface area contributed by atoms with Crippen molar-refractivity contribution in [1.82, 2.24) is 16.0 Å². The largest absolute Gasteiger partial charge is 0.477 e. The Morgan fingerprint density at radius 2 is 1.06 bits per heavy atom. The van der Waals surface area contributed by atoms with Gasteiger partial charge in [0.05, 0.1) is 45.7 Å². The number of hydrogen-bond donors (Lipinski definition) is 12. The first kappa shape index (κ1) is 52.1. The fourth-order valence-corrected chi connectivity index (χ4v) is 8.10. The van der Waals surface area contributed by atoms with Crippen LogP contribution in [0.25, 0.3) is 0 Å². The molecular weight excluding hydrogens is 868 g/mol. The predicted octanol–water partition coefficient (Wildman–Crippen LogP) is -7.43. The van der Waals surface area contributed by atoms with Gasteiger partial charge in [0.1, 0.15) is 91.4 Å². The van der Waals surface area contributed by atoms with Crippen molar-refractivity contribution in [3.05, 3.63) is 0 Å². The van der Waals surface area contributed by atoms with Crippen LogP contribution in [0.3, 0.4) is 0 Å². The summed E-state index contributed by atoms with van der Waals surface area (Å²) in [5, 5.41) is 93.0. The quantitative estimate of drug-likeness (QED) is 0.0535. The van der Waals surface area contributed by atoms with E-state index in [4.69, 9.17) is 57.8 Å². The molecular formula is C37H62N4O23. The number of carboxylic acid groups (broad SMARTS) is 1. The zero-order valence-electron chi connectivity index (χ0n) is 35.8. The lowest BCUT2D eigenvalue weighted by atomic mass is 9.93. The second kappa shape index (κ2) is 22.7. The Hall–Kier alpha value is -2.88. The molecule has 27 heteroatoms. The second-order valence-electron chi connectivity index (χ2n) is 16.0. The lowest BCUT2D eigenvalue weighted by molar-refractivity contribution is -0.358. The molecule has 0 aromatic heterocycles. The van der Waals surface area contributed by atoms with Crippen LogP contribution in [0.4, 0.5) is 0 Å². The molecule has 0 aliphatic carbocycles. The highest BCUT2D eigenvalue weighted by Crippen LogP contribution is 2.41. The zero-order chi connectivity index (χ0) is 47.2. The van der Waals surface area contributed by atoms with Gasteiger partial charge in [0.15, 0.2) is 25.2 Å². The summed E-state index contributed by atoms with van der Waals surface area (Å²) in [6, 6.07) is -4.58. The van der Waals surface area contributed by atoms with Crippen LogP contribution in [0.2, 0.25) is 0 Å². The van der Waals surface area contributed by atoms with E-state index < -0.39 is 172 Å². The number of nitrogens with one attached hydrogen (secondary N) is 3. The molecule has 0 spiro atoms. The number of aliphatic hydroxyl groups is 7. The number of aliphatic hydroxyl groups excluding tert-OH is 7. The number of ether oxygens (including phenoxy) is 11. The fourth-order valence-electron chi connectivity index (χ4n) is 8.10. The summed E-state index contributed by atoms with van der Waals surface area (Å²) in [5.41, 5.74) is 5.47. The molecule has 5 aliphatic heterocycles. The molecule has 5 heterocycles. The van der Waals surface area contributed by atoms with Crippen LogP contribution in [0, 0.1) is 0 Å². The smallest absolute Gasteiger partial charge is 0.364 e. The van der Waals surface area contributed by atoms with E-state index in [1.807, 2.05) is 0 Å². The minimum atomic E-state index is -2.28. The summed E-state index contributed by atoms with van der Waals surface area (Å²) in [4.78, 5) is 50.1. The maximum absolute atomic E-state index is 12.8. The van der Waals surface area contributed by atoms with E-state index in [0.717, 1.165) is 27.7 Å². The van der Waals surface area contributed by atoms with Crippen LogP contribution in [0.1, 0.15) is 34.6 Å². The lowest BCUT2D eigenvalue weighted by Crippen LogP contribution is -2.71. The summed E-state index contributed by atoms with van der Waals surface area (Å²) < 4.78 is 65.4. The molecule has 5 aliphatic rings. The van der Waals surface area contributed by atoms with Gasteiger partial charge in [0.25, 0.3) is 5.79 Å². The topological polar surface area (TPSA) is 394 Å². The lowest BCUT2D eigenvalue weighted by Gasteiger charge is -2.51. The summed E-state index contributed by atoms with van der Waals surface area (Å²) >= 11 is 0. The molecule has 0 radical (unpaired) electrons. The molecule has 0 aromatic carbocycles. The molecule has 3 amide bonds. The van der Waals surface area contributed by atoms with Gasteiger partial charge in [-0.25, -0.2) is 4.79 Å². The molecule has 0 aromatic rings. The number of amides is 3. The SMILES string of the molecule is CC(=O)NC1C(OC2C(O)C(C)OC(OC3C(O)C(CO)OC(OC4C(CO)OC(OCCOCCN)C5O[C@@](C)(C(=O)O)OC45)C3NC(C)=O)C2NC(C)=O)OC(CO)C(O)C1O. The maximum Gasteiger partial charge on any atom is 0.364 e. The van der Waals surface area contributed by atoms with Crippen molar-refractivity contribution in [2.45, 2.75) is 163 Å². The van der Waals surface area contributed by atoms with E-state index in [2.05, 4.69) is 16.0 Å². The molecule has 5 saturated heterocycles. The molecule has 5 fully saturated rings. The van der Waals surface area contributed by atoms with Crippen LogP contribution in [-0.2, 0) is 71.3 Å². The Morgan fingerprint density at radius 1 is 0.594 bits per heavy atom. The average molecular weight is 931 g/mol. The molecule has 20 unspecified atom stereocenters. The number of carbonyl (C=O) groups excluding carboxylic acids is 3. The summed E-state index contributed by atoms with van der Waals surface area (Å²) in [6.45, 7) is 3.87. The van der Waals surface area contributed by atoms with Crippen LogP contribution in [-0.4, -0.2) is 239 Å². The van der Waals surface area contributed by atoms with Gasteiger partial charge in [-0.3, -0.25) is 14.4 Å². The minimum absolute atomic E-state index is 0.0668. The zero-order valence-corrected chi connectivity index (χ0v) is 35.8. The van der Waals surface area contributed by atoms with Crippen molar-refractivity contribution in [1.29, 1.82) is 0 Å². The van der Waals surface area contributed by atoms with Crippen molar-refractivity contribution in [2.75, 3.05) is 46.2 Å². The van der Waals surface area contributed by atoms with Gasteiger partial charge in [-0.15, -0.1) is 0 Å². The van der Waals surface area contributed by atoms with E-state index in [9.17, 15) is 60.0 Å². The number of hydrogen-bond acceptors (Lipinski definition) is 23. The van der Waals surface area contributed by atoms with Gasteiger partial charge >= 0.3 is 5.97 Å².